The zero-order valence-electron chi connectivity index (χ0n) is 17.5. The van der Waals surface area contributed by atoms with Gasteiger partial charge in [0.2, 0.25) is 15.9 Å². The molecule has 0 atom stereocenters. The van der Waals surface area contributed by atoms with Gasteiger partial charge in [-0.2, -0.15) is 0 Å². The van der Waals surface area contributed by atoms with E-state index in [2.05, 4.69) is 32.2 Å². The van der Waals surface area contributed by atoms with Gasteiger partial charge in [0.1, 0.15) is 5.82 Å². The lowest BCUT2D eigenvalue weighted by Gasteiger charge is -2.10. The van der Waals surface area contributed by atoms with Crippen LogP contribution in [-0.2, 0) is 27.8 Å². The quantitative estimate of drug-likeness (QED) is 0.438. The lowest BCUT2D eigenvalue weighted by atomic mass is 10.1. The topological polar surface area (TPSA) is 120 Å². The number of aromatic nitrogens is 3. The van der Waals surface area contributed by atoms with Crippen LogP contribution in [0.4, 0.5) is 0 Å². The maximum atomic E-state index is 12.3. The SMILES string of the molecule is NS(=O)(=O)c1ccc(CCNC(=O)CSc2nnc(C3CC3)n2Cc2ccccc2)cc1. The van der Waals surface area contributed by atoms with Gasteiger partial charge in [-0.1, -0.05) is 54.2 Å². The van der Waals surface area contributed by atoms with Crippen molar-refractivity contribution in [2.24, 2.45) is 5.14 Å². The van der Waals surface area contributed by atoms with Crippen molar-refractivity contribution < 1.29 is 13.2 Å². The molecule has 4 rings (SSSR count). The van der Waals surface area contributed by atoms with E-state index in [1.54, 1.807) is 12.1 Å². The molecule has 168 valence electrons. The van der Waals surface area contributed by atoms with Crippen molar-refractivity contribution in [1.82, 2.24) is 20.1 Å². The van der Waals surface area contributed by atoms with E-state index in [9.17, 15) is 13.2 Å². The van der Waals surface area contributed by atoms with E-state index in [1.807, 2.05) is 18.2 Å². The zero-order valence-corrected chi connectivity index (χ0v) is 19.1. The predicted molar refractivity (Wildman–Crippen MR) is 123 cm³/mol. The molecule has 1 fully saturated rings. The monoisotopic (exact) mass is 471 g/mol. The van der Waals surface area contributed by atoms with Crippen molar-refractivity contribution in [2.75, 3.05) is 12.3 Å². The highest BCUT2D eigenvalue weighted by Gasteiger charge is 2.30. The number of hydrogen-bond donors (Lipinski definition) is 2. The van der Waals surface area contributed by atoms with Crippen molar-refractivity contribution in [3.8, 4) is 0 Å². The van der Waals surface area contributed by atoms with Gasteiger partial charge in [-0.05, 0) is 42.5 Å². The van der Waals surface area contributed by atoms with Gasteiger partial charge in [0, 0.05) is 12.5 Å². The van der Waals surface area contributed by atoms with Crippen LogP contribution < -0.4 is 10.5 Å². The Balaban J connectivity index is 1.29. The Bertz CT molecular complexity index is 1170. The van der Waals surface area contributed by atoms with E-state index < -0.39 is 10.0 Å². The van der Waals surface area contributed by atoms with Gasteiger partial charge in [0.25, 0.3) is 0 Å². The molecule has 3 aromatic rings. The molecule has 2 aromatic carbocycles. The molecular weight excluding hydrogens is 446 g/mol. The third kappa shape index (κ3) is 5.96. The van der Waals surface area contributed by atoms with Crippen molar-refractivity contribution in [1.29, 1.82) is 0 Å². The third-order valence-corrected chi connectivity index (χ3v) is 7.09. The van der Waals surface area contributed by atoms with Crippen LogP contribution in [0.1, 0.15) is 35.7 Å². The normalized spacial score (nSPS) is 13.8. The lowest BCUT2D eigenvalue weighted by Crippen LogP contribution is -2.27. The molecule has 1 aromatic heterocycles. The fourth-order valence-corrected chi connectivity index (χ4v) is 4.63. The van der Waals surface area contributed by atoms with Gasteiger partial charge in [-0.25, -0.2) is 13.6 Å². The second-order valence-electron chi connectivity index (χ2n) is 7.76. The number of nitrogens with two attached hydrogens (primary N) is 1. The third-order valence-electron chi connectivity index (χ3n) is 5.19. The van der Waals surface area contributed by atoms with Crippen molar-refractivity contribution in [2.45, 2.75) is 41.8 Å². The average Bonchev–Trinajstić information content (AvgIpc) is 3.54. The molecule has 1 aliphatic carbocycles. The molecule has 0 bridgehead atoms. The fraction of sp³-hybridized carbons (Fsp3) is 0.318. The van der Waals surface area contributed by atoms with Gasteiger partial charge in [-0.3, -0.25) is 4.79 Å². The molecule has 1 aliphatic rings. The number of nitrogens with zero attached hydrogens (tertiary/aromatic N) is 3. The second-order valence-corrected chi connectivity index (χ2v) is 10.3. The minimum atomic E-state index is -3.70. The number of amides is 1. The van der Waals surface area contributed by atoms with Gasteiger partial charge in [0.15, 0.2) is 5.16 Å². The molecule has 32 heavy (non-hydrogen) atoms. The first-order chi connectivity index (χ1) is 15.4. The van der Waals surface area contributed by atoms with Crippen LogP contribution in [0.3, 0.4) is 0 Å². The lowest BCUT2D eigenvalue weighted by molar-refractivity contribution is -0.118. The second kappa shape index (κ2) is 9.85. The Morgan fingerprint density at radius 3 is 2.44 bits per heavy atom. The smallest absolute Gasteiger partial charge is 0.238 e. The summed E-state index contributed by atoms with van der Waals surface area (Å²) in [6, 6.07) is 16.5. The van der Waals surface area contributed by atoms with Crippen molar-refractivity contribution in [3.63, 3.8) is 0 Å². The van der Waals surface area contributed by atoms with Crippen LogP contribution in [0.15, 0.2) is 64.6 Å². The number of thioether (sulfide) groups is 1. The minimum Gasteiger partial charge on any atom is -0.355 e. The first-order valence-corrected chi connectivity index (χ1v) is 12.9. The molecule has 1 heterocycles. The Hall–Kier alpha value is -2.69. The van der Waals surface area contributed by atoms with Crippen LogP contribution in [0.2, 0.25) is 0 Å². The summed E-state index contributed by atoms with van der Waals surface area (Å²) in [7, 11) is -3.70. The highest BCUT2D eigenvalue weighted by Crippen LogP contribution is 2.40. The number of rotatable bonds is 10. The summed E-state index contributed by atoms with van der Waals surface area (Å²) >= 11 is 1.39. The summed E-state index contributed by atoms with van der Waals surface area (Å²) < 4.78 is 24.7. The Morgan fingerprint density at radius 2 is 1.78 bits per heavy atom. The Labute approximate surface area is 191 Å². The number of carbonyl (C=O) groups excluding carboxylic acids is 1. The van der Waals surface area contributed by atoms with Gasteiger partial charge in [0.05, 0.1) is 17.2 Å². The van der Waals surface area contributed by atoms with E-state index >= 15 is 0 Å². The first-order valence-electron chi connectivity index (χ1n) is 10.4. The molecule has 0 unspecified atom stereocenters. The molecular formula is C22H25N5O3S2. The Morgan fingerprint density at radius 1 is 1.06 bits per heavy atom. The molecule has 0 saturated heterocycles. The summed E-state index contributed by atoms with van der Waals surface area (Å²) in [5, 5.41) is 17.5. The first kappa shape index (κ1) is 22.5. The van der Waals surface area contributed by atoms with E-state index in [0.717, 1.165) is 29.4 Å². The maximum Gasteiger partial charge on any atom is 0.238 e. The summed E-state index contributed by atoms with van der Waals surface area (Å²) in [5.74, 6) is 1.63. The highest BCUT2D eigenvalue weighted by molar-refractivity contribution is 7.99. The van der Waals surface area contributed by atoms with E-state index in [4.69, 9.17) is 5.14 Å². The minimum absolute atomic E-state index is 0.0758. The standard InChI is InChI=1S/C22H25N5O3S2/c23-32(29,30)19-10-6-16(7-11-19)12-13-24-20(28)15-31-22-26-25-21(18-8-9-18)27(22)14-17-4-2-1-3-5-17/h1-7,10-11,18H,8-9,12-15H2,(H,24,28)(H2,23,29,30). The van der Waals surface area contributed by atoms with Crippen molar-refractivity contribution >= 4 is 27.7 Å². The van der Waals surface area contributed by atoms with Crippen molar-refractivity contribution in [3.05, 3.63) is 71.5 Å². The van der Waals surface area contributed by atoms with Gasteiger partial charge in [-0.15, -0.1) is 10.2 Å². The molecule has 0 spiro atoms. The van der Waals surface area contributed by atoms with Gasteiger partial charge < -0.3 is 9.88 Å². The maximum absolute atomic E-state index is 12.3. The predicted octanol–water partition coefficient (Wildman–Crippen LogP) is 2.30. The fourth-order valence-electron chi connectivity index (χ4n) is 3.34. The molecule has 1 saturated carbocycles. The molecule has 10 heteroatoms. The number of sulfonamides is 1. The molecule has 0 aliphatic heterocycles. The largest absolute Gasteiger partial charge is 0.355 e. The van der Waals surface area contributed by atoms with E-state index in [0.29, 0.717) is 25.4 Å². The molecule has 1 amide bonds. The Kier molecular flexibility index (Phi) is 6.92. The van der Waals surface area contributed by atoms with Crippen LogP contribution in [0, 0.1) is 0 Å². The van der Waals surface area contributed by atoms with Crippen LogP contribution >= 0.6 is 11.8 Å². The number of hydrogen-bond acceptors (Lipinski definition) is 6. The molecule has 8 nitrogen and oxygen atoms in total. The number of benzene rings is 2. The van der Waals surface area contributed by atoms with E-state index in [1.165, 1.54) is 29.5 Å². The summed E-state index contributed by atoms with van der Waals surface area (Å²) in [6.45, 7) is 1.15. The summed E-state index contributed by atoms with van der Waals surface area (Å²) in [6.07, 6.45) is 2.86. The summed E-state index contributed by atoms with van der Waals surface area (Å²) in [4.78, 5) is 12.4. The number of carbonyl (C=O) groups is 1. The highest BCUT2D eigenvalue weighted by atomic mass is 32.2. The van der Waals surface area contributed by atoms with Crippen LogP contribution in [0.5, 0.6) is 0 Å². The zero-order chi connectivity index (χ0) is 22.6. The average molecular weight is 472 g/mol. The van der Waals surface area contributed by atoms with E-state index in [-0.39, 0.29) is 16.6 Å². The molecule has 3 N–H and O–H groups in total. The number of primary sulfonamides is 1. The molecule has 0 radical (unpaired) electrons. The van der Waals surface area contributed by atoms with Gasteiger partial charge >= 0.3 is 0 Å². The van der Waals surface area contributed by atoms with Crippen LogP contribution in [0.25, 0.3) is 0 Å². The number of nitrogens with one attached hydrogen (secondary N) is 1. The van der Waals surface area contributed by atoms with Crippen LogP contribution in [-0.4, -0.2) is 41.4 Å². The summed E-state index contributed by atoms with van der Waals surface area (Å²) in [5.41, 5.74) is 2.09.